The van der Waals surface area contributed by atoms with E-state index in [1.165, 1.54) is 6.07 Å². The lowest BCUT2D eigenvalue weighted by Crippen LogP contribution is -2.42. The largest absolute Gasteiger partial charge is 0.387 e. The lowest BCUT2D eigenvalue weighted by molar-refractivity contribution is 0.0300. The first-order chi connectivity index (χ1) is 11.6. The first-order valence-electron chi connectivity index (χ1n) is 8.12. The molecule has 1 unspecified atom stereocenters. The zero-order valence-corrected chi connectivity index (χ0v) is 13.6. The Morgan fingerprint density at radius 3 is 2.67 bits per heavy atom. The van der Waals surface area contributed by atoms with Crippen molar-refractivity contribution in [1.29, 1.82) is 5.26 Å². The lowest BCUT2D eigenvalue weighted by Gasteiger charge is -2.30. The summed E-state index contributed by atoms with van der Waals surface area (Å²) in [7, 11) is 0. The molecule has 1 aliphatic rings. The van der Waals surface area contributed by atoms with Gasteiger partial charge in [-0.25, -0.2) is 8.78 Å². The summed E-state index contributed by atoms with van der Waals surface area (Å²) in [6, 6.07) is 5.52. The maximum atomic E-state index is 13.3. The molecule has 1 atom stereocenters. The van der Waals surface area contributed by atoms with Crippen molar-refractivity contribution < 1.29 is 18.6 Å². The number of aliphatic hydroxyl groups excluding tert-OH is 1. The van der Waals surface area contributed by atoms with Crippen LogP contribution in [0.1, 0.15) is 18.1 Å². The van der Waals surface area contributed by atoms with Gasteiger partial charge in [0, 0.05) is 45.7 Å². The molecular weight excluding hydrogens is 316 g/mol. The number of hydrogen-bond donors (Lipinski definition) is 1. The number of ether oxygens (including phenoxy) is 1. The predicted molar refractivity (Wildman–Crippen MR) is 85.2 cm³/mol. The summed E-state index contributed by atoms with van der Waals surface area (Å²) in [5, 5.41) is 19.1. The Balaban J connectivity index is 1.90. The molecule has 0 bridgehead atoms. The summed E-state index contributed by atoms with van der Waals surface area (Å²) in [6.07, 6.45) is -0.573. The summed E-state index contributed by atoms with van der Waals surface area (Å²) < 4.78 is 31.6. The second-order valence-corrected chi connectivity index (χ2v) is 5.85. The molecule has 0 aromatic heterocycles. The zero-order chi connectivity index (χ0) is 17.4. The maximum absolute atomic E-state index is 13.3. The van der Waals surface area contributed by atoms with Crippen LogP contribution in [0.5, 0.6) is 0 Å². The smallest absolute Gasteiger partial charge is 0.159 e. The predicted octanol–water partition coefficient (Wildman–Crippen LogP) is 1.55. The van der Waals surface area contributed by atoms with Crippen LogP contribution in [-0.4, -0.2) is 67.4 Å². The highest BCUT2D eigenvalue weighted by atomic mass is 19.2. The monoisotopic (exact) mass is 339 g/mol. The summed E-state index contributed by atoms with van der Waals surface area (Å²) in [5.74, 6) is -1.90. The molecule has 0 saturated carbocycles. The molecule has 0 radical (unpaired) electrons. The van der Waals surface area contributed by atoms with Crippen LogP contribution < -0.4 is 0 Å². The molecule has 0 amide bonds. The topological polar surface area (TPSA) is 59.7 Å². The van der Waals surface area contributed by atoms with Crippen molar-refractivity contribution in [2.24, 2.45) is 0 Å². The van der Waals surface area contributed by atoms with Gasteiger partial charge in [-0.3, -0.25) is 9.80 Å². The van der Waals surface area contributed by atoms with Crippen molar-refractivity contribution in [3.05, 3.63) is 35.4 Å². The van der Waals surface area contributed by atoms with E-state index < -0.39 is 17.7 Å². The van der Waals surface area contributed by atoms with E-state index in [0.717, 1.165) is 45.0 Å². The van der Waals surface area contributed by atoms with Gasteiger partial charge in [0.2, 0.25) is 0 Å². The lowest BCUT2D eigenvalue weighted by atomic mass is 10.1. The average molecular weight is 339 g/mol. The van der Waals surface area contributed by atoms with Crippen LogP contribution in [0.15, 0.2) is 18.2 Å². The molecule has 132 valence electrons. The zero-order valence-electron chi connectivity index (χ0n) is 13.6. The van der Waals surface area contributed by atoms with Gasteiger partial charge >= 0.3 is 0 Å². The van der Waals surface area contributed by atoms with Gasteiger partial charge in [0.15, 0.2) is 11.6 Å². The van der Waals surface area contributed by atoms with E-state index in [9.17, 15) is 13.9 Å². The minimum Gasteiger partial charge on any atom is -0.387 e. The summed E-state index contributed by atoms with van der Waals surface area (Å²) >= 11 is 0. The third-order valence-electron chi connectivity index (χ3n) is 4.14. The van der Waals surface area contributed by atoms with Crippen LogP contribution in [0, 0.1) is 23.0 Å². The van der Waals surface area contributed by atoms with Crippen LogP contribution in [0.3, 0.4) is 0 Å². The van der Waals surface area contributed by atoms with E-state index in [2.05, 4.69) is 11.0 Å². The van der Waals surface area contributed by atoms with Crippen molar-refractivity contribution in [1.82, 2.24) is 9.80 Å². The molecule has 5 nitrogen and oxygen atoms in total. The molecule has 0 spiro atoms. The first-order valence-corrected chi connectivity index (χ1v) is 8.12. The fourth-order valence-electron chi connectivity index (χ4n) is 2.68. The number of benzene rings is 1. The highest BCUT2D eigenvalue weighted by Gasteiger charge is 2.17. The molecule has 24 heavy (non-hydrogen) atoms. The maximum Gasteiger partial charge on any atom is 0.159 e. The van der Waals surface area contributed by atoms with E-state index in [0.29, 0.717) is 25.1 Å². The minimum atomic E-state index is -0.969. The molecule has 1 heterocycles. The fourth-order valence-corrected chi connectivity index (χ4v) is 2.68. The van der Waals surface area contributed by atoms with E-state index in [4.69, 9.17) is 10.00 Å². The Kier molecular flexibility index (Phi) is 7.53. The number of aliphatic hydroxyl groups is 1. The van der Waals surface area contributed by atoms with Crippen molar-refractivity contribution in [2.45, 2.75) is 12.5 Å². The third-order valence-corrected chi connectivity index (χ3v) is 4.14. The Morgan fingerprint density at radius 1 is 1.25 bits per heavy atom. The van der Waals surface area contributed by atoms with Gasteiger partial charge < -0.3 is 9.84 Å². The van der Waals surface area contributed by atoms with Gasteiger partial charge in [0.05, 0.1) is 25.4 Å². The third kappa shape index (κ3) is 5.80. The minimum absolute atomic E-state index is 0.275. The van der Waals surface area contributed by atoms with Gasteiger partial charge in [-0.1, -0.05) is 6.07 Å². The molecule has 1 aromatic rings. The first kappa shape index (κ1) is 18.7. The molecule has 1 saturated heterocycles. The fraction of sp³-hybridized carbons (Fsp3) is 0.588. The van der Waals surface area contributed by atoms with Crippen molar-refractivity contribution in [3.63, 3.8) is 0 Å². The molecule has 0 aliphatic carbocycles. The standard InChI is InChI=1S/C17H23F2N3O2/c18-15-3-2-14(12-16(15)19)17(23)13-22(5-1-4-20)7-6-21-8-10-24-11-9-21/h2-3,12,17,23H,1,5-11,13H2. The number of morpholine rings is 1. The Labute approximate surface area is 141 Å². The van der Waals surface area contributed by atoms with Crippen LogP contribution in [0.25, 0.3) is 0 Å². The quantitative estimate of drug-likeness (QED) is 0.779. The summed E-state index contributed by atoms with van der Waals surface area (Å²) in [6.45, 7) is 5.50. The van der Waals surface area contributed by atoms with E-state index >= 15 is 0 Å². The normalized spacial score (nSPS) is 17.0. The van der Waals surface area contributed by atoms with Crippen LogP contribution in [0.2, 0.25) is 0 Å². The van der Waals surface area contributed by atoms with Gasteiger partial charge in [-0.15, -0.1) is 0 Å². The highest BCUT2D eigenvalue weighted by molar-refractivity contribution is 5.20. The van der Waals surface area contributed by atoms with Crippen LogP contribution in [0.4, 0.5) is 8.78 Å². The van der Waals surface area contributed by atoms with Crippen molar-refractivity contribution >= 4 is 0 Å². The number of nitrogens with zero attached hydrogens (tertiary/aromatic N) is 3. The van der Waals surface area contributed by atoms with Gasteiger partial charge in [0.25, 0.3) is 0 Å². The molecule has 1 fully saturated rings. The summed E-state index contributed by atoms with van der Waals surface area (Å²) in [4.78, 5) is 4.25. The van der Waals surface area contributed by atoms with Crippen molar-refractivity contribution in [3.8, 4) is 6.07 Å². The van der Waals surface area contributed by atoms with Crippen LogP contribution >= 0.6 is 0 Å². The van der Waals surface area contributed by atoms with Gasteiger partial charge in [0.1, 0.15) is 0 Å². The molecule has 1 aromatic carbocycles. The van der Waals surface area contributed by atoms with Gasteiger partial charge in [-0.2, -0.15) is 5.26 Å². The molecule has 1 aliphatic heterocycles. The Morgan fingerprint density at radius 2 is 2.00 bits per heavy atom. The Bertz CT molecular complexity index is 559. The van der Waals surface area contributed by atoms with Crippen molar-refractivity contribution in [2.75, 3.05) is 52.5 Å². The summed E-state index contributed by atoms with van der Waals surface area (Å²) in [5.41, 5.74) is 0.335. The second kappa shape index (κ2) is 9.64. The Hall–Kier alpha value is -1.59. The molecular formula is C17H23F2N3O2. The van der Waals surface area contributed by atoms with Gasteiger partial charge in [-0.05, 0) is 17.7 Å². The molecule has 1 N–H and O–H groups in total. The second-order valence-electron chi connectivity index (χ2n) is 5.85. The van der Waals surface area contributed by atoms with E-state index in [-0.39, 0.29) is 6.54 Å². The number of rotatable bonds is 8. The van der Waals surface area contributed by atoms with E-state index in [1.807, 2.05) is 4.90 Å². The SMILES string of the molecule is N#CCCN(CCN1CCOCC1)CC(O)c1ccc(F)c(F)c1. The molecule has 2 rings (SSSR count). The molecule has 7 heteroatoms. The van der Waals surface area contributed by atoms with Crippen LogP contribution in [-0.2, 0) is 4.74 Å². The number of hydrogen-bond acceptors (Lipinski definition) is 5. The van der Waals surface area contributed by atoms with E-state index in [1.54, 1.807) is 0 Å². The number of halogens is 2. The average Bonchev–Trinajstić information content (AvgIpc) is 2.60. The number of nitriles is 1. The highest BCUT2D eigenvalue weighted by Crippen LogP contribution is 2.17.